The molecule has 0 unspecified atom stereocenters. The summed E-state index contributed by atoms with van der Waals surface area (Å²) in [4.78, 5) is 16.9. The molecule has 1 amide bonds. The second-order valence-electron chi connectivity index (χ2n) is 7.49. The molecule has 6 heteroatoms. The van der Waals surface area contributed by atoms with Gasteiger partial charge in [0, 0.05) is 50.9 Å². The van der Waals surface area contributed by atoms with Crippen LogP contribution in [0.3, 0.4) is 0 Å². The smallest absolute Gasteiger partial charge is 0.221 e. The van der Waals surface area contributed by atoms with Gasteiger partial charge in [0.05, 0.1) is 0 Å². The Kier molecular flexibility index (Phi) is 7.01. The molecule has 3 rings (SSSR count). The van der Waals surface area contributed by atoms with Crippen molar-refractivity contribution in [2.75, 3.05) is 38.1 Å². The number of nitrogens with zero attached hydrogens (tertiary/aromatic N) is 2. The Morgan fingerprint density at radius 2 is 1.79 bits per heavy atom. The van der Waals surface area contributed by atoms with Gasteiger partial charge in [0.1, 0.15) is 5.82 Å². The molecule has 0 aliphatic carbocycles. The second kappa shape index (κ2) is 9.66. The quantitative estimate of drug-likeness (QED) is 0.768. The molecular weight excluding hydrogens is 355 g/mol. The van der Waals surface area contributed by atoms with Crippen molar-refractivity contribution in [3.05, 3.63) is 65.5 Å². The number of benzene rings is 2. The van der Waals surface area contributed by atoms with Crippen LogP contribution in [0, 0.1) is 5.82 Å². The SMILES string of the molecule is CN1CCN(c2ccc(CNC(=O)C[C@H](N)Cc3ccccc3F)cc2)CC1. The molecule has 3 N–H and O–H groups in total. The minimum atomic E-state index is -0.406. The van der Waals surface area contributed by atoms with Crippen LogP contribution >= 0.6 is 0 Å². The number of nitrogens with one attached hydrogen (secondary N) is 1. The number of carbonyl (C=O) groups excluding carboxylic acids is 1. The number of hydrogen-bond donors (Lipinski definition) is 2. The second-order valence-corrected chi connectivity index (χ2v) is 7.49. The summed E-state index contributed by atoms with van der Waals surface area (Å²) in [6, 6.07) is 14.4. The van der Waals surface area contributed by atoms with Crippen LogP contribution < -0.4 is 16.0 Å². The van der Waals surface area contributed by atoms with Crippen LogP contribution in [0.2, 0.25) is 0 Å². The minimum Gasteiger partial charge on any atom is -0.369 e. The molecule has 1 aliphatic heterocycles. The van der Waals surface area contributed by atoms with Gasteiger partial charge < -0.3 is 20.9 Å². The highest BCUT2D eigenvalue weighted by Gasteiger charge is 2.15. The Morgan fingerprint density at radius 1 is 1.11 bits per heavy atom. The number of likely N-dealkylation sites (N-methyl/N-ethyl adjacent to an activating group) is 1. The van der Waals surface area contributed by atoms with Crippen molar-refractivity contribution in [1.29, 1.82) is 0 Å². The zero-order valence-corrected chi connectivity index (χ0v) is 16.4. The van der Waals surface area contributed by atoms with Crippen LogP contribution in [-0.2, 0) is 17.8 Å². The predicted molar refractivity (Wildman–Crippen MR) is 111 cm³/mol. The summed E-state index contributed by atoms with van der Waals surface area (Å²) >= 11 is 0. The maximum absolute atomic E-state index is 13.7. The van der Waals surface area contributed by atoms with Gasteiger partial charge in [-0.2, -0.15) is 0 Å². The van der Waals surface area contributed by atoms with Crippen molar-refractivity contribution in [2.45, 2.75) is 25.4 Å². The van der Waals surface area contributed by atoms with Crippen molar-refractivity contribution >= 4 is 11.6 Å². The molecule has 0 radical (unpaired) electrons. The first-order chi connectivity index (χ1) is 13.5. The standard InChI is InChI=1S/C22H29FN4O/c1-26-10-12-27(13-11-26)20-8-6-17(7-9-20)16-25-22(28)15-19(24)14-18-4-2-3-5-21(18)23/h2-9,19H,10-16,24H2,1H3,(H,25,28)/t19-/m1/s1. The number of amides is 1. The van der Waals surface area contributed by atoms with Crippen LogP contribution in [-0.4, -0.2) is 50.1 Å². The molecule has 0 saturated carbocycles. The maximum Gasteiger partial charge on any atom is 0.221 e. The average molecular weight is 384 g/mol. The molecule has 5 nitrogen and oxygen atoms in total. The molecule has 150 valence electrons. The maximum atomic E-state index is 13.7. The Hall–Kier alpha value is -2.44. The molecule has 0 bridgehead atoms. The van der Waals surface area contributed by atoms with E-state index >= 15 is 0 Å². The Balaban J connectivity index is 1.43. The number of hydrogen-bond acceptors (Lipinski definition) is 4. The molecule has 28 heavy (non-hydrogen) atoms. The molecular formula is C22H29FN4O. The number of rotatable bonds is 7. The van der Waals surface area contributed by atoms with E-state index in [-0.39, 0.29) is 18.1 Å². The van der Waals surface area contributed by atoms with Crippen LogP contribution in [0.4, 0.5) is 10.1 Å². The average Bonchev–Trinajstić information content (AvgIpc) is 2.69. The molecule has 1 atom stereocenters. The summed E-state index contributed by atoms with van der Waals surface area (Å²) in [7, 11) is 2.14. The number of halogens is 1. The molecule has 0 aromatic heterocycles. The van der Waals surface area contributed by atoms with Gasteiger partial charge in [-0.25, -0.2) is 4.39 Å². The van der Waals surface area contributed by atoms with Crippen molar-refractivity contribution in [1.82, 2.24) is 10.2 Å². The summed E-state index contributed by atoms with van der Waals surface area (Å²) in [5, 5.41) is 2.90. The monoisotopic (exact) mass is 384 g/mol. The van der Waals surface area contributed by atoms with E-state index in [2.05, 4.69) is 34.3 Å². The van der Waals surface area contributed by atoms with Crippen molar-refractivity contribution in [3.63, 3.8) is 0 Å². The van der Waals surface area contributed by atoms with Gasteiger partial charge in [0.15, 0.2) is 0 Å². The molecule has 1 heterocycles. The largest absolute Gasteiger partial charge is 0.369 e. The Labute approximate surface area is 166 Å². The van der Waals surface area contributed by atoms with Crippen molar-refractivity contribution in [2.24, 2.45) is 5.73 Å². The highest BCUT2D eigenvalue weighted by Crippen LogP contribution is 2.17. The van der Waals surface area contributed by atoms with E-state index in [1.54, 1.807) is 18.2 Å². The van der Waals surface area contributed by atoms with Crippen LogP contribution in [0.1, 0.15) is 17.5 Å². The van der Waals surface area contributed by atoms with E-state index in [1.807, 2.05) is 12.1 Å². The van der Waals surface area contributed by atoms with E-state index in [0.717, 1.165) is 31.7 Å². The van der Waals surface area contributed by atoms with Crippen LogP contribution in [0.15, 0.2) is 48.5 Å². The summed E-state index contributed by atoms with van der Waals surface area (Å²) < 4.78 is 13.7. The third-order valence-electron chi connectivity index (χ3n) is 5.18. The molecule has 1 saturated heterocycles. The fourth-order valence-corrected chi connectivity index (χ4v) is 3.42. The molecule has 2 aromatic rings. The number of nitrogens with two attached hydrogens (primary N) is 1. The van der Waals surface area contributed by atoms with E-state index in [4.69, 9.17) is 5.73 Å². The normalized spacial score (nSPS) is 16.0. The minimum absolute atomic E-state index is 0.119. The van der Waals surface area contributed by atoms with Gasteiger partial charge in [-0.3, -0.25) is 4.79 Å². The first-order valence-electron chi connectivity index (χ1n) is 9.79. The molecule has 1 aliphatic rings. The first-order valence-corrected chi connectivity index (χ1v) is 9.79. The lowest BCUT2D eigenvalue weighted by molar-refractivity contribution is -0.121. The van der Waals surface area contributed by atoms with Gasteiger partial charge in [0.2, 0.25) is 5.91 Å². The summed E-state index contributed by atoms with van der Waals surface area (Å²) in [6.45, 7) is 4.68. The van der Waals surface area contributed by atoms with Crippen molar-refractivity contribution < 1.29 is 9.18 Å². The zero-order chi connectivity index (χ0) is 19.9. The van der Waals surface area contributed by atoms with Gasteiger partial charge in [-0.1, -0.05) is 30.3 Å². The van der Waals surface area contributed by atoms with E-state index in [0.29, 0.717) is 18.5 Å². The molecule has 2 aromatic carbocycles. The molecule has 0 spiro atoms. The Bertz CT molecular complexity index is 772. The van der Waals surface area contributed by atoms with E-state index in [9.17, 15) is 9.18 Å². The van der Waals surface area contributed by atoms with Crippen molar-refractivity contribution in [3.8, 4) is 0 Å². The molecule has 1 fully saturated rings. The number of piperazine rings is 1. The highest BCUT2D eigenvalue weighted by molar-refractivity contribution is 5.76. The third kappa shape index (κ3) is 5.78. The van der Waals surface area contributed by atoms with E-state index < -0.39 is 6.04 Å². The zero-order valence-electron chi connectivity index (χ0n) is 16.4. The number of anilines is 1. The predicted octanol–water partition coefficient (Wildman–Crippen LogP) is 2.15. The summed E-state index contributed by atoms with van der Waals surface area (Å²) in [5.41, 5.74) is 8.83. The highest BCUT2D eigenvalue weighted by atomic mass is 19.1. The summed E-state index contributed by atoms with van der Waals surface area (Å²) in [5.74, 6) is -0.397. The van der Waals surface area contributed by atoms with E-state index in [1.165, 1.54) is 11.8 Å². The van der Waals surface area contributed by atoms with Crippen LogP contribution in [0.25, 0.3) is 0 Å². The lowest BCUT2D eigenvalue weighted by Crippen LogP contribution is -2.44. The van der Waals surface area contributed by atoms with Crippen LogP contribution in [0.5, 0.6) is 0 Å². The fraction of sp³-hybridized carbons (Fsp3) is 0.409. The topological polar surface area (TPSA) is 61.6 Å². The number of carbonyl (C=O) groups is 1. The van der Waals surface area contributed by atoms with Gasteiger partial charge >= 0.3 is 0 Å². The summed E-state index contributed by atoms with van der Waals surface area (Å²) in [6.07, 6.45) is 0.521. The lowest BCUT2D eigenvalue weighted by atomic mass is 10.0. The van der Waals surface area contributed by atoms with Gasteiger partial charge in [-0.15, -0.1) is 0 Å². The Morgan fingerprint density at radius 3 is 2.46 bits per heavy atom. The third-order valence-corrected chi connectivity index (χ3v) is 5.18. The fourth-order valence-electron chi connectivity index (χ4n) is 3.42. The lowest BCUT2D eigenvalue weighted by Gasteiger charge is -2.34. The van der Waals surface area contributed by atoms with Gasteiger partial charge in [0.25, 0.3) is 0 Å². The van der Waals surface area contributed by atoms with Gasteiger partial charge in [-0.05, 0) is 42.8 Å². The first kappa shape index (κ1) is 20.3.